The zero-order chi connectivity index (χ0) is 9.02. The number of nitrogens with zero attached hydrogens (tertiary/aromatic N) is 1. The van der Waals surface area contributed by atoms with E-state index in [0.29, 0.717) is 0 Å². The molecular weight excluding hydrogens is 146 g/mol. The molecule has 0 aromatic carbocycles. The van der Waals surface area contributed by atoms with Gasteiger partial charge in [-0.25, -0.2) is 0 Å². The Kier molecular flexibility index (Phi) is 3.57. The fourth-order valence-electron chi connectivity index (χ4n) is 0.806. The lowest BCUT2D eigenvalue weighted by atomic mass is 10.1. The van der Waals surface area contributed by atoms with Crippen LogP contribution in [0.1, 0.15) is 13.3 Å². The Balaban J connectivity index is 3.93. The lowest BCUT2D eigenvalue weighted by Gasteiger charge is -2.13. The summed E-state index contributed by atoms with van der Waals surface area (Å²) in [6.07, 6.45) is 0.0109. The summed E-state index contributed by atoms with van der Waals surface area (Å²) in [6.45, 7) is 1.65. The molecule has 0 aromatic rings. The molecule has 4 heteroatoms. The van der Waals surface area contributed by atoms with E-state index in [1.165, 1.54) is 4.90 Å². The molecule has 0 heterocycles. The smallest absolute Gasteiger partial charge is 0.516 e. The molecule has 0 unspecified atom stereocenters. The molecule has 0 rings (SSSR count). The second kappa shape index (κ2) is 3.95. The summed E-state index contributed by atoms with van der Waals surface area (Å²) < 4.78 is 0. The predicted octanol–water partition coefficient (Wildman–Crippen LogP) is -0.648. The highest BCUT2D eigenvalue weighted by Crippen LogP contribution is 2.04. The van der Waals surface area contributed by atoms with Crippen LogP contribution in [0.15, 0.2) is 0 Å². The second-order valence-corrected chi connectivity index (χ2v) is 2.76. The Bertz CT molecular complexity index is 165. The molecule has 0 aliphatic heterocycles. The highest BCUT2D eigenvalue weighted by atomic mass is 16.4. The van der Waals surface area contributed by atoms with Gasteiger partial charge in [0.15, 0.2) is 0 Å². The van der Waals surface area contributed by atoms with Crippen molar-refractivity contribution in [2.24, 2.45) is 5.92 Å². The van der Waals surface area contributed by atoms with Gasteiger partial charge in [0.2, 0.25) is 5.91 Å². The molecule has 0 saturated carbocycles. The van der Waals surface area contributed by atoms with Crippen molar-refractivity contribution in [1.29, 1.82) is 0 Å². The third-order valence-electron chi connectivity index (χ3n) is 1.35. The van der Waals surface area contributed by atoms with Crippen LogP contribution in [0.25, 0.3) is 0 Å². The van der Waals surface area contributed by atoms with Gasteiger partial charge in [0.1, 0.15) is 6.42 Å². The van der Waals surface area contributed by atoms with E-state index in [-0.39, 0.29) is 18.2 Å². The number of carbonyl (C=O) groups is 2. The third-order valence-corrected chi connectivity index (χ3v) is 1.35. The molecular formula is C7H14NO3+. The van der Waals surface area contributed by atoms with Crippen LogP contribution in [0, 0.1) is 5.92 Å². The Morgan fingerprint density at radius 3 is 2.18 bits per heavy atom. The first-order valence-corrected chi connectivity index (χ1v) is 3.40. The van der Waals surface area contributed by atoms with E-state index in [1.807, 2.05) is 0 Å². The average molecular weight is 160 g/mol. The van der Waals surface area contributed by atoms with Gasteiger partial charge in [-0.05, 0) is 0 Å². The van der Waals surface area contributed by atoms with Crippen LogP contribution in [0.2, 0.25) is 0 Å². The Labute approximate surface area is 65.8 Å². The number of carbonyl (C=O) groups excluding carboxylic acids is 2. The van der Waals surface area contributed by atoms with Crippen molar-refractivity contribution in [3.05, 3.63) is 0 Å². The van der Waals surface area contributed by atoms with Crippen molar-refractivity contribution >= 4 is 11.9 Å². The van der Waals surface area contributed by atoms with Gasteiger partial charge in [0, 0.05) is 18.9 Å². The van der Waals surface area contributed by atoms with Gasteiger partial charge in [0.05, 0.1) is 5.92 Å². The predicted molar refractivity (Wildman–Crippen MR) is 41.1 cm³/mol. The molecule has 0 aliphatic carbocycles. The first-order chi connectivity index (χ1) is 4.95. The van der Waals surface area contributed by atoms with Crippen molar-refractivity contribution in [1.82, 2.24) is 4.90 Å². The summed E-state index contributed by atoms with van der Waals surface area (Å²) in [5.74, 6) is -1.16. The highest BCUT2D eigenvalue weighted by Gasteiger charge is 2.21. The lowest BCUT2D eigenvalue weighted by molar-refractivity contribution is -0.143. The minimum Gasteiger partial charge on any atom is -0.565 e. The molecule has 64 valence electrons. The monoisotopic (exact) mass is 160 g/mol. The molecule has 0 spiro atoms. The minimum atomic E-state index is -0.687. The highest BCUT2D eigenvalue weighted by molar-refractivity contribution is 5.82. The summed E-state index contributed by atoms with van der Waals surface area (Å²) in [5.41, 5.74) is 0. The van der Waals surface area contributed by atoms with Crippen molar-refractivity contribution in [3.8, 4) is 0 Å². The van der Waals surface area contributed by atoms with Crippen LogP contribution in [-0.4, -0.2) is 36.0 Å². The molecule has 1 atom stereocenters. The first kappa shape index (κ1) is 9.94. The van der Waals surface area contributed by atoms with E-state index >= 15 is 0 Å². The summed E-state index contributed by atoms with van der Waals surface area (Å²) >= 11 is 0. The van der Waals surface area contributed by atoms with E-state index in [0.717, 1.165) is 0 Å². The standard InChI is InChI=1S/C7H13NO3/c1-5(4-6(9)10)7(11)8(2)3/h5H,4H2,1-3H3,(H,9,10)/p+1/t5-/m0/s1. The molecule has 0 aliphatic rings. The summed E-state index contributed by atoms with van der Waals surface area (Å²) in [6, 6.07) is 0. The summed E-state index contributed by atoms with van der Waals surface area (Å²) in [5, 5.41) is 6.63. The molecule has 4 nitrogen and oxygen atoms in total. The summed E-state index contributed by atoms with van der Waals surface area (Å²) in [7, 11) is 3.26. The van der Waals surface area contributed by atoms with E-state index in [4.69, 9.17) is 5.11 Å². The zero-order valence-electron chi connectivity index (χ0n) is 7.05. The third kappa shape index (κ3) is 3.60. The minimum absolute atomic E-state index is 0.0109. The molecule has 0 bridgehead atoms. The van der Waals surface area contributed by atoms with Crippen LogP contribution in [0.4, 0.5) is 0 Å². The molecule has 0 saturated heterocycles. The maximum Gasteiger partial charge on any atom is 0.516 e. The zero-order valence-corrected chi connectivity index (χ0v) is 7.05. The fourth-order valence-corrected chi connectivity index (χ4v) is 0.806. The van der Waals surface area contributed by atoms with Crippen molar-refractivity contribution < 1.29 is 14.7 Å². The maximum absolute atomic E-state index is 11.1. The van der Waals surface area contributed by atoms with Crippen LogP contribution in [-0.2, 0) is 9.59 Å². The van der Waals surface area contributed by atoms with Crippen LogP contribution in [0.5, 0.6) is 0 Å². The SMILES string of the molecule is C[C@@H](CC(=O)[OH2+])C(=O)N(C)C. The van der Waals surface area contributed by atoms with Gasteiger partial charge >= 0.3 is 5.97 Å². The van der Waals surface area contributed by atoms with Gasteiger partial charge in [-0.1, -0.05) is 6.92 Å². The van der Waals surface area contributed by atoms with Crippen LogP contribution in [0.3, 0.4) is 0 Å². The topological polar surface area (TPSA) is 60.3 Å². The molecule has 2 N–H and O–H groups in total. The van der Waals surface area contributed by atoms with Crippen molar-refractivity contribution in [2.45, 2.75) is 13.3 Å². The Hall–Kier alpha value is -1.06. The van der Waals surface area contributed by atoms with E-state index in [9.17, 15) is 9.59 Å². The molecule has 11 heavy (non-hydrogen) atoms. The molecule has 0 fully saturated rings. The van der Waals surface area contributed by atoms with Gasteiger partial charge in [0.25, 0.3) is 0 Å². The number of hydrogen-bond acceptors (Lipinski definition) is 2. The molecule has 0 radical (unpaired) electrons. The van der Waals surface area contributed by atoms with Crippen LogP contribution >= 0.6 is 0 Å². The largest absolute Gasteiger partial charge is 0.565 e. The molecule has 1 amide bonds. The number of amides is 1. The van der Waals surface area contributed by atoms with Gasteiger partial charge < -0.3 is 10.0 Å². The number of hydrogen-bond donors (Lipinski definition) is 0. The fraction of sp³-hybridized carbons (Fsp3) is 0.714. The van der Waals surface area contributed by atoms with Gasteiger partial charge in [-0.2, -0.15) is 0 Å². The Morgan fingerprint density at radius 1 is 1.45 bits per heavy atom. The Morgan fingerprint density at radius 2 is 1.91 bits per heavy atom. The van der Waals surface area contributed by atoms with Gasteiger partial charge in [-0.15, -0.1) is 0 Å². The number of rotatable bonds is 3. The second-order valence-electron chi connectivity index (χ2n) is 2.76. The summed E-state index contributed by atoms with van der Waals surface area (Å²) in [4.78, 5) is 22.8. The van der Waals surface area contributed by atoms with Gasteiger partial charge in [-0.3, -0.25) is 4.79 Å². The molecule has 0 aromatic heterocycles. The maximum atomic E-state index is 11.1. The lowest BCUT2D eigenvalue weighted by Crippen LogP contribution is -2.29. The quantitative estimate of drug-likeness (QED) is 0.515. The van der Waals surface area contributed by atoms with Crippen molar-refractivity contribution in [2.75, 3.05) is 14.1 Å². The van der Waals surface area contributed by atoms with E-state index in [2.05, 4.69) is 0 Å². The van der Waals surface area contributed by atoms with Crippen molar-refractivity contribution in [3.63, 3.8) is 0 Å². The van der Waals surface area contributed by atoms with E-state index < -0.39 is 5.97 Å². The average Bonchev–Trinajstić information content (AvgIpc) is 1.84. The normalized spacial score (nSPS) is 12.3. The van der Waals surface area contributed by atoms with Crippen LogP contribution < -0.4 is 0 Å². The van der Waals surface area contributed by atoms with E-state index in [1.54, 1.807) is 21.0 Å². The first-order valence-electron chi connectivity index (χ1n) is 3.40.